The molecule has 0 aliphatic carbocycles. The van der Waals surface area contributed by atoms with Crippen molar-refractivity contribution >= 4 is 34.2 Å². The molecule has 2 aromatic heterocycles. The number of aliphatic hydroxyl groups is 2. The summed E-state index contributed by atoms with van der Waals surface area (Å²) in [5.41, 5.74) is 3.74. The van der Waals surface area contributed by atoms with Crippen molar-refractivity contribution in [2.24, 2.45) is 0 Å². The van der Waals surface area contributed by atoms with Crippen LogP contribution in [0.25, 0.3) is 11.1 Å². The molecule has 28 heavy (non-hydrogen) atoms. The van der Waals surface area contributed by atoms with Crippen molar-refractivity contribution in [2.75, 3.05) is 10.6 Å². The third-order valence-corrected chi connectivity index (χ3v) is 4.12. The highest BCUT2D eigenvalue weighted by Gasteiger charge is 2.08. The molecule has 0 amide bonds. The van der Waals surface area contributed by atoms with E-state index in [1.165, 1.54) is 0 Å². The van der Waals surface area contributed by atoms with Crippen LogP contribution >= 0.6 is 0 Å². The predicted molar refractivity (Wildman–Crippen MR) is 104 cm³/mol. The summed E-state index contributed by atoms with van der Waals surface area (Å²) in [6.45, 7) is 1.88. The molecule has 9 heteroatoms. The number of aliphatic hydroxyl groups excluding tert-OH is 1. The summed E-state index contributed by atoms with van der Waals surface area (Å²) < 4.78 is 5.00. The minimum Gasteiger partial charge on any atom is -0.408 e. The van der Waals surface area contributed by atoms with E-state index >= 15 is 0 Å². The van der Waals surface area contributed by atoms with E-state index in [0.29, 0.717) is 34.1 Å². The molecule has 2 aromatic carbocycles. The van der Waals surface area contributed by atoms with Gasteiger partial charge in [0.1, 0.15) is 5.82 Å². The van der Waals surface area contributed by atoms with Gasteiger partial charge in [-0.2, -0.15) is 4.98 Å². The first-order valence-electron chi connectivity index (χ1n) is 8.44. The second-order valence-corrected chi connectivity index (χ2v) is 6.20. The molecule has 4 aromatic rings. The number of aryl methyl sites for hydroxylation is 1. The average molecular weight is 379 g/mol. The monoisotopic (exact) mass is 379 g/mol. The quantitative estimate of drug-likeness (QED) is 0.334. The zero-order valence-corrected chi connectivity index (χ0v) is 14.8. The van der Waals surface area contributed by atoms with Gasteiger partial charge in [0.05, 0.1) is 5.52 Å². The molecule has 0 saturated carbocycles. The Kier molecular flexibility index (Phi) is 4.52. The maximum Gasteiger partial charge on any atom is 0.417 e. The van der Waals surface area contributed by atoms with Crippen LogP contribution in [0.2, 0.25) is 0 Å². The van der Waals surface area contributed by atoms with Gasteiger partial charge in [0.15, 0.2) is 11.9 Å². The Morgan fingerprint density at radius 1 is 1.07 bits per heavy atom. The fraction of sp³-hybridized carbons (Fsp3) is 0.105. The Morgan fingerprint density at radius 3 is 2.57 bits per heavy atom. The molecule has 4 rings (SSSR count). The van der Waals surface area contributed by atoms with E-state index in [0.717, 1.165) is 11.3 Å². The summed E-state index contributed by atoms with van der Waals surface area (Å²) in [5, 5.41) is 24.6. The summed E-state index contributed by atoms with van der Waals surface area (Å²) in [6, 6.07) is 11.8. The number of nitrogens with one attached hydrogen (secondary N) is 3. The number of hydrogen-bond donors (Lipinski definition) is 5. The van der Waals surface area contributed by atoms with Gasteiger partial charge in [0, 0.05) is 28.7 Å². The molecule has 9 nitrogen and oxygen atoms in total. The Balaban J connectivity index is 1.56. The van der Waals surface area contributed by atoms with Crippen molar-refractivity contribution in [1.82, 2.24) is 15.0 Å². The number of nitrogens with zero attached hydrogens (tertiary/aromatic N) is 2. The highest BCUT2D eigenvalue weighted by atomic mass is 16.5. The number of rotatable bonds is 5. The zero-order chi connectivity index (χ0) is 19.7. The van der Waals surface area contributed by atoms with E-state index in [-0.39, 0.29) is 0 Å². The normalized spacial score (nSPS) is 11.1. The third kappa shape index (κ3) is 3.70. The number of H-pyrrole nitrogens is 1. The summed E-state index contributed by atoms with van der Waals surface area (Å²) in [7, 11) is 0. The molecule has 0 spiro atoms. The third-order valence-electron chi connectivity index (χ3n) is 4.12. The van der Waals surface area contributed by atoms with Crippen LogP contribution in [0, 0.1) is 6.92 Å². The number of aromatic amines is 1. The van der Waals surface area contributed by atoms with Crippen molar-refractivity contribution in [2.45, 2.75) is 13.2 Å². The number of benzene rings is 2. The van der Waals surface area contributed by atoms with E-state index in [4.69, 9.17) is 14.6 Å². The highest BCUT2D eigenvalue weighted by molar-refractivity contribution is 5.78. The fourth-order valence-corrected chi connectivity index (χ4v) is 2.66. The van der Waals surface area contributed by atoms with Gasteiger partial charge in [-0.1, -0.05) is 12.1 Å². The van der Waals surface area contributed by atoms with Crippen molar-refractivity contribution < 1.29 is 14.6 Å². The van der Waals surface area contributed by atoms with Crippen LogP contribution in [-0.2, 0) is 0 Å². The van der Waals surface area contributed by atoms with E-state index < -0.39 is 12.0 Å². The first-order valence-corrected chi connectivity index (χ1v) is 8.44. The van der Waals surface area contributed by atoms with Crippen LogP contribution in [0.3, 0.4) is 0 Å². The van der Waals surface area contributed by atoms with Gasteiger partial charge < -0.3 is 25.3 Å². The van der Waals surface area contributed by atoms with E-state index in [9.17, 15) is 4.79 Å². The van der Waals surface area contributed by atoms with Crippen LogP contribution in [0.5, 0.6) is 0 Å². The van der Waals surface area contributed by atoms with Crippen LogP contribution in [0.4, 0.5) is 23.1 Å². The van der Waals surface area contributed by atoms with E-state index in [1.54, 1.807) is 48.7 Å². The lowest BCUT2D eigenvalue weighted by Crippen LogP contribution is -2.03. The maximum atomic E-state index is 11.3. The molecule has 142 valence electrons. The van der Waals surface area contributed by atoms with Gasteiger partial charge in [-0.3, -0.25) is 4.98 Å². The lowest BCUT2D eigenvalue weighted by atomic mass is 10.2. The van der Waals surface area contributed by atoms with Crippen molar-refractivity contribution in [3.63, 3.8) is 0 Å². The van der Waals surface area contributed by atoms with Crippen molar-refractivity contribution in [3.8, 4) is 0 Å². The summed E-state index contributed by atoms with van der Waals surface area (Å²) in [6.07, 6.45) is 0.171. The number of hydrogen-bond acceptors (Lipinski definition) is 8. The van der Waals surface area contributed by atoms with Crippen LogP contribution in [0.15, 0.2) is 57.9 Å². The van der Waals surface area contributed by atoms with Crippen molar-refractivity contribution in [1.29, 1.82) is 0 Å². The number of fused-ring (bicyclic) bond motifs is 1. The first-order chi connectivity index (χ1) is 13.5. The number of anilines is 4. The fourth-order valence-electron chi connectivity index (χ4n) is 2.66. The Hall–Kier alpha value is -3.69. The van der Waals surface area contributed by atoms with Crippen LogP contribution < -0.4 is 16.4 Å². The van der Waals surface area contributed by atoms with E-state index in [1.807, 2.05) is 6.92 Å². The van der Waals surface area contributed by atoms with E-state index in [2.05, 4.69) is 25.6 Å². The van der Waals surface area contributed by atoms with Gasteiger partial charge in [0.25, 0.3) is 0 Å². The molecule has 0 unspecified atom stereocenters. The van der Waals surface area contributed by atoms with Crippen LogP contribution in [0.1, 0.15) is 17.4 Å². The Labute approximate surface area is 158 Å². The molecule has 0 atom stereocenters. The zero-order valence-electron chi connectivity index (χ0n) is 14.8. The standard InChI is InChI=1S/C19H17N5O4/c1-10-9-20-18(22-12-4-2-11(3-5-12)17(25)26)24-16(10)21-13-6-7-15-14(8-13)23-19(27)28-15/h2-9,17,25-26H,1H3,(H,23,27)(H2,20,21,22,24). The van der Waals surface area contributed by atoms with Gasteiger partial charge in [-0.25, -0.2) is 9.78 Å². The average Bonchev–Trinajstić information content (AvgIpc) is 3.04. The molecular weight excluding hydrogens is 362 g/mol. The molecule has 0 fully saturated rings. The number of aromatic nitrogens is 3. The molecule has 5 N–H and O–H groups in total. The smallest absolute Gasteiger partial charge is 0.408 e. The van der Waals surface area contributed by atoms with Gasteiger partial charge in [-0.15, -0.1) is 0 Å². The molecule has 0 aliphatic rings. The van der Waals surface area contributed by atoms with Crippen molar-refractivity contribution in [3.05, 3.63) is 70.3 Å². The minimum absolute atomic E-state index is 0.378. The number of oxazole rings is 1. The first kappa shape index (κ1) is 17.7. The SMILES string of the molecule is Cc1cnc(Nc2ccc(C(O)O)cc2)nc1Nc1ccc2oc(=O)[nH]c2c1. The lowest BCUT2D eigenvalue weighted by molar-refractivity contribution is -0.0424. The highest BCUT2D eigenvalue weighted by Crippen LogP contribution is 2.23. The van der Waals surface area contributed by atoms with Gasteiger partial charge in [0.2, 0.25) is 5.95 Å². The summed E-state index contributed by atoms with van der Waals surface area (Å²) in [4.78, 5) is 22.6. The maximum absolute atomic E-state index is 11.3. The predicted octanol–water partition coefficient (Wildman–Crippen LogP) is 2.69. The summed E-state index contributed by atoms with van der Waals surface area (Å²) >= 11 is 0. The molecule has 0 saturated heterocycles. The second kappa shape index (κ2) is 7.14. The second-order valence-electron chi connectivity index (χ2n) is 6.20. The largest absolute Gasteiger partial charge is 0.417 e. The molecular formula is C19H17N5O4. The lowest BCUT2D eigenvalue weighted by Gasteiger charge is -2.11. The Morgan fingerprint density at radius 2 is 1.82 bits per heavy atom. The summed E-state index contributed by atoms with van der Waals surface area (Å²) in [5.74, 6) is 0.477. The van der Waals surface area contributed by atoms with Gasteiger partial charge in [-0.05, 0) is 37.3 Å². The Bertz CT molecular complexity index is 1180. The van der Waals surface area contributed by atoms with Gasteiger partial charge >= 0.3 is 5.76 Å². The minimum atomic E-state index is -1.51. The molecule has 0 radical (unpaired) electrons. The topological polar surface area (TPSA) is 136 Å². The molecule has 2 heterocycles. The molecule has 0 aliphatic heterocycles. The molecule has 0 bridgehead atoms. The van der Waals surface area contributed by atoms with Crippen LogP contribution in [-0.4, -0.2) is 25.2 Å².